The largest absolute Gasteiger partial charge is 0.355 e. The number of hydrogen-bond acceptors (Lipinski definition) is 3. The van der Waals surface area contributed by atoms with Crippen molar-refractivity contribution in [2.75, 3.05) is 20.1 Å². The summed E-state index contributed by atoms with van der Waals surface area (Å²) >= 11 is 5.02. The van der Waals surface area contributed by atoms with Crippen molar-refractivity contribution in [2.24, 2.45) is 4.99 Å². The third-order valence-corrected chi connectivity index (χ3v) is 4.33. The van der Waals surface area contributed by atoms with E-state index in [2.05, 4.69) is 48.3 Å². The fourth-order valence-corrected chi connectivity index (χ4v) is 2.79. The first-order chi connectivity index (χ1) is 11.2. The Hall–Kier alpha value is -1.13. The maximum absolute atomic E-state index is 12.0. The lowest BCUT2D eigenvalue weighted by molar-refractivity contribution is 0.0954. The van der Waals surface area contributed by atoms with Gasteiger partial charge in [-0.15, -0.1) is 24.0 Å². The fourth-order valence-electron chi connectivity index (χ4n) is 1.86. The number of thiophene rings is 1. The Morgan fingerprint density at radius 2 is 1.83 bits per heavy atom. The molecule has 0 unspecified atom stereocenters. The molecule has 0 fully saturated rings. The molecule has 0 aliphatic heterocycles. The van der Waals surface area contributed by atoms with Gasteiger partial charge in [0.1, 0.15) is 0 Å². The van der Waals surface area contributed by atoms with Crippen LogP contribution in [0.4, 0.5) is 0 Å². The van der Waals surface area contributed by atoms with Gasteiger partial charge in [-0.2, -0.15) is 11.3 Å². The summed E-state index contributed by atoms with van der Waals surface area (Å²) in [7, 11) is 1.73. The van der Waals surface area contributed by atoms with Crippen molar-refractivity contribution < 1.29 is 4.79 Å². The molecule has 0 bridgehead atoms. The van der Waals surface area contributed by atoms with Gasteiger partial charge in [0.15, 0.2) is 5.96 Å². The summed E-state index contributed by atoms with van der Waals surface area (Å²) in [6.07, 6.45) is 0. The van der Waals surface area contributed by atoms with Crippen molar-refractivity contribution in [2.45, 2.75) is 6.54 Å². The van der Waals surface area contributed by atoms with Crippen molar-refractivity contribution >= 4 is 63.1 Å². The number of carbonyl (C=O) groups excluding carboxylic acids is 1. The van der Waals surface area contributed by atoms with E-state index in [1.54, 1.807) is 30.5 Å². The van der Waals surface area contributed by atoms with Gasteiger partial charge in [0.05, 0.1) is 0 Å². The summed E-state index contributed by atoms with van der Waals surface area (Å²) in [5, 5.41) is 13.4. The van der Waals surface area contributed by atoms with Crippen LogP contribution in [-0.4, -0.2) is 32.0 Å². The van der Waals surface area contributed by atoms with Gasteiger partial charge in [-0.3, -0.25) is 9.79 Å². The predicted octanol–water partition coefficient (Wildman–Crippen LogP) is 3.22. The van der Waals surface area contributed by atoms with Gasteiger partial charge in [0.25, 0.3) is 5.91 Å². The molecule has 0 aliphatic rings. The van der Waals surface area contributed by atoms with Crippen LogP contribution >= 0.6 is 51.2 Å². The molecule has 0 saturated heterocycles. The van der Waals surface area contributed by atoms with Crippen molar-refractivity contribution in [3.05, 3.63) is 56.7 Å². The SMILES string of the molecule is CN=C(NCCNC(=O)c1ccc(Br)cc1)NCc1ccsc1.I. The minimum atomic E-state index is -0.0829. The van der Waals surface area contributed by atoms with E-state index in [0.29, 0.717) is 24.6 Å². The zero-order chi connectivity index (χ0) is 16.5. The number of nitrogens with one attached hydrogen (secondary N) is 3. The lowest BCUT2D eigenvalue weighted by atomic mass is 10.2. The Bertz CT molecular complexity index is 647. The first kappa shape index (κ1) is 20.9. The Balaban J connectivity index is 0.00000288. The number of halogens is 2. The van der Waals surface area contributed by atoms with Crippen LogP contribution in [0.3, 0.4) is 0 Å². The third-order valence-electron chi connectivity index (χ3n) is 3.07. The molecule has 2 aromatic rings. The van der Waals surface area contributed by atoms with Crippen LogP contribution in [0.2, 0.25) is 0 Å². The van der Waals surface area contributed by atoms with E-state index in [4.69, 9.17) is 0 Å². The van der Waals surface area contributed by atoms with Gasteiger partial charge in [0, 0.05) is 36.7 Å². The molecule has 3 N–H and O–H groups in total. The van der Waals surface area contributed by atoms with Crippen molar-refractivity contribution in [3.63, 3.8) is 0 Å². The molecule has 5 nitrogen and oxygen atoms in total. The van der Waals surface area contributed by atoms with Crippen LogP contribution in [0.25, 0.3) is 0 Å². The number of hydrogen-bond donors (Lipinski definition) is 3. The predicted molar refractivity (Wildman–Crippen MR) is 114 cm³/mol. The van der Waals surface area contributed by atoms with Crippen LogP contribution in [0.15, 0.2) is 50.6 Å². The number of benzene rings is 1. The molecule has 8 heteroatoms. The van der Waals surface area contributed by atoms with Crippen molar-refractivity contribution in [1.82, 2.24) is 16.0 Å². The molecule has 1 amide bonds. The maximum atomic E-state index is 12.0. The highest BCUT2D eigenvalue weighted by Crippen LogP contribution is 2.10. The number of carbonyl (C=O) groups is 1. The second-order valence-corrected chi connectivity index (χ2v) is 6.44. The van der Waals surface area contributed by atoms with Crippen molar-refractivity contribution in [3.8, 4) is 0 Å². The zero-order valence-electron chi connectivity index (χ0n) is 13.2. The number of amides is 1. The highest BCUT2D eigenvalue weighted by atomic mass is 127. The molecule has 0 aliphatic carbocycles. The molecule has 1 aromatic heterocycles. The molecule has 0 spiro atoms. The normalized spacial score (nSPS) is 10.7. The maximum Gasteiger partial charge on any atom is 0.251 e. The van der Waals surface area contributed by atoms with E-state index in [1.165, 1.54) is 5.56 Å². The summed E-state index contributed by atoms with van der Waals surface area (Å²) in [5.74, 6) is 0.634. The van der Waals surface area contributed by atoms with Gasteiger partial charge >= 0.3 is 0 Å². The lowest BCUT2D eigenvalue weighted by Crippen LogP contribution is -2.41. The molecular formula is C16H20BrIN4OS. The van der Waals surface area contributed by atoms with Crippen LogP contribution in [-0.2, 0) is 6.54 Å². The second-order valence-electron chi connectivity index (χ2n) is 4.75. The average molecular weight is 523 g/mol. The first-order valence-corrected chi connectivity index (χ1v) is 8.92. The molecule has 0 atom stereocenters. The van der Waals surface area contributed by atoms with Crippen molar-refractivity contribution in [1.29, 1.82) is 0 Å². The van der Waals surface area contributed by atoms with Gasteiger partial charge < -0.3 is 16.0 Å². The molecular weight excluding hydrogens is 503 g/mol. The summed E-state index contributed by atoms with van der Waals surface area (Å²) < 4.78 is 0.955. The smallest absolute Gasteiger partial charge is 0.251 e. The van der Waals surface area contributed by atoms with Crippen LogP contribution in [0.1, 0.15) is 15.9 Å². The van der Waals surface area contributed by atoms with E-state index in [0.717, 1.165) is 11.0 Å². The Kier molecular flexibility index (Phi) is 9.96. The molecule has 0 radical (unpaired) electrons. The average Bonchev–Trinajstić information content (AvgIpc) is 3.08. The van der Waals surface area contributed by atoms with E-state index < -0.39 is 0 Å². The first-order valence-electron chi connectivity index (χ1n) is 7.18. The van der Waals surface area contributed by atoms with Crippen LogP contribution in [0, 0.1) is 0 Å². The number of rotatable bonds is 6. The topological polar surface area (TPSA) is 65.5 Å². The van der Waals surface area contributed by atoms with E-state index in [-0.39, 0.29) is 29.9 Å². The monoisotopic (exact) mass is 522 g/mol. The van der Waals surface area contributed by atoms with Gasteiger partial charge in [0.2, 0.25) is 0 Å². The molecule has 130 valence electrons. The minimum absolute atomic E-state index is 0. The summed E-state index contributed by atoms with van der Waals surface area (Å²) in [5.41, 5.74) is 1.87. The van der Waals surface area contributed by atoms with E-state index in [1.807, 2.05) is 17.5 Å². The highest BCUT2D eigenvalue weighted by molar-refractivity contribution is 14.0. The van der Waals surface area contributed by atoms with Gasteiger partial charge in [-0.25, -0.2) is 0 Å². The number of nitrogens with zero attached hydrogens (tertiary/aromatic N) is 1. The number of aliphatic imine (C=N–C) groups is 1. The van der Waals surface area contributed by atoms with Gasteiger partial charge in [-0.05, 0) is 46.7 Å². The highest BCUT2D eigenvalue weighted by Gasteiger charge is 2.04. The standard InChI is InChI=1S/C16H19BrN4OS.HI/c1-18-16(21-10-12-6-9-23-11-12)20-8-7-19-15(22)13-2-4-14(17)5-3-13;/h2-6,9,11H,7-8,10H2,1H3,(H,19,22)(H2,18,20,21);1H. The molecule has 0 saturated carbocycles. The Labute approximate surface area is 171 Å². The second kappa shape index (κ2) is 11.4. The molecule has 2 rings (SSSR count). The molecule has 1 aromatic carbocycles. The van der Waals surface area contributed by atoms with E-state index in [9.17, 15) is 4.79 Å². The fraction of sp³-hybridized carbons (Fsp3) is 0.250. The molecule has 1 heterocycles. The lowest BCUT2D eigenvalue weighted by Gasteiger charge is -2.12. The van der Waals surface area contributed by atoms with Crippen LogP contribution < -0.4 is 16.0 Å². The zero-order valence-corrected chi connectivity index (χ0v) is 17.9. The summed E-state index contributed by atoms with van der Waals surface area (Å²) in [6.45, 7) is 1.86. The van der Waals surface area contributed by atoms with Gasteiger partial charge in [-0.1, -0.05) is 15.9 Å². The summed E-state index contributed by atoms with van der Waals surface area (Å²) in [6, 6.07) is 9.35. The Morgan fingerprint density at radius 3 is 2.46 bits per heavy atom. The molecule has 24 heavy (non-hydrogen) atoms. The number of guanidine groups is 1. The van der Waals surface area contributed by atoms with E-state index >= 15 is 0 Å². The Morgan fingerprint density at radius 1 is 1.12 bits per heavy atom. The third kappa shape index (κ3) is 7.18. The quantitative estimate of drug-likeness (QED) is 0.236. The van der Waals surface area contributed by atoms with Crippen LogP contribution in [0.5, 0.6) is 0 Å². The minimum Gasteiger partial charge on any atom is -0.355 e. The summed E-state index contributed by atoms with van der Waals surface area (Å²) in [4.78, 5) is 16.1.